The van der Waals surface area contributed by atoms with Crippen LogP contribution in [0.4, 0.5) is 0 Å². The zero-order valence-electron chi connectivity index (χ0n) is 12.3. The second kappa shape index (κ2) is 7.04. The van der Waals surface area contributed by atoms with E-state index in [0.29, 0.717) is 11.7 Å². The molecule has 0 spiro atoms. The van der Waals surface area contributed by atoms with Gasteiger partial charge in [-0.25, -0.2) is 0 Å². The molecule has 0 saturated heterocycles. The Morgan fingerprint density at radius 1 is 1.35 bits per heavy atom. The van der Waals surface area contributed by atoms with E-state index in [0.717, 1.165) is 31.2 Å². The first-order valence-corrected chi connectivity index (χ1v) is 8.85. The molecule has 1 aromatic carbocycles. The molecule has 0 aliphatic heterocycles. The number of nitriles is 1. The van der Waals surface area contributed by atoms with Gasteiger partial charge in [0.25, 0.3) is 0 Å². The molecule has 1 aliphatic rings. The monoisotopic (exact) mass is 289 g/mol. The lowest BCUT2D eigenvalue weighted by molar-refractivity contribution is 0.313. The predicted octanol–water partition coefficient (Wildman–Crippen LogP) is 3.96. The topological polar surface area (TPSA) is 40.9 Å². The molecule has 0 aromatic heterocycles. The first-order valence-electron chi connectivity index (χ1n) is 7.47. The van der Waals surface area contributed by atoms with Crippen LogP contribution >= 0.6 is 0 Å². The molecule has 2 rings (SSSR count). The van der Waals surface area contributed by atoms with Gasteiger partial charge in [-0.1, -0.05) is 37.6 Å². The smallest absolute Gasteiger partial charge is 0.0668 e. The highest BCUT2D eigenvalue weighted by Crippen LogP contribution is 2.34. The van der Waals surface area contributed by atoms with Crippen molar-refractivity contribution >= 4 is 10.8 Å². The van der Waals surface area contributed by atoms with Gasteiger partial charge in [0, 0.05) is 16.6 Å². The molecule has 3 heteroatoms. The molecule has 1 aliphatic carbocycles. The Kier molecular flexibility index (Phi) is 5.37. The Hall–Kier alpha value is -1.14. The van der Waals surface area contributed by atoms with Crippen LogP contribution < -0.4 is 0 Å². The van der Waals surface area contributed by atoms with E-state index in [1.165, 1.54) is 5.56 Å². The lowest BCUT2D eigenvalue weighted by atomic mass is 9.81. The third kappa shape index (κ3) is 3.49. The standard InChI is InChI=1S/C17H23NOS/c1-3-14-8-9-15(11-18)17(10-14)20(19)12-16-7-5-4-6-13(16)2/h4-7,14-15,17H,3,8-10,12H2,1-2H3. The van der Waals surface area contributed by atoms with Gasteiger partial charge in [-0.05, 0) is 43.2 Å². The normalized spacial score (nSPS) is 27.8. The van der Waals surface area contributed by atoms with Crippen LogP contribution in [-0.2, 0) is 16.6 Å². The summed E-state index contributed by atoms with van der Waals surface area (Å²) >= 11 is 0. The first-order chi connectivity index (χ1) is 9.65. The molecular weight excluding hydrogens is 266 g/mol. The summed E-state index contributed by atoms with van der Waals surface area (Å²) in [7, 11) is -0.942. The summed E-state index contributed by atoms with van der Waals surface area (Å²) in [4.78, 5) is 0. The van der Waals surface area contributed by atoms with Crippen molar-refractivity contribution in [1.29, 1.82) is 5.26 Å². The zero-order chi connectivity index (χ0) is 14.5. The summed E-state index contributed by atoms with van der Waals surface area (Å²) in [5.74, 6) is 1.21. The van der Waals surface area contributed by atoms with Crippen LogP contribution in [0, 0.1) is 30.1 Å². The molecule has 0 amide bonds. The van der Waals surface area contributed by atoms with Crippen molar-refractivity contribution in [2.75, 3.05) is 0 Å². The van der Waals surface area contributed by atoms with Gasteiger partial charge in [-0.15, -0.1) is 0 Å². The SMILES string of the molecule is CCC1CCC(C#N)C(S(=O)Cc2ccccc2C)C1. The lowest BCUT2D eigenvalue weighted by Gasteiger charge is -2.31. The van der Waals surface area contributed by atoms with Crippen molar-refractivity contribution in [3.05, 3.63) is 35.4 Å². The Morgan fingerprint density at radius 2 is 2.10 bits per heavy atom. The lowest BCUT2D eigenvalue weighted by Crippen LogP contribution is -2.33. The molecule has 4 unspecified atom stereocenters. The van der Waals surface area contributed by atoms with Crippen LogP contribution in [0.1, 0.15) is 43.7 Å². The first kappa shape index (κ1) is 15.3. The molecule has 1 aromatic rings. The summed E-state index contributed by atoms with van der Waals surface area (Å²) in [5, 5.41) is 9.36. The average molecular weight is 289 g/mol. The fourth-order valence-electron chi connectivity index (χ4n) is 3.05. The third-order valence-electron chi connectivity index (χ3n) is 4.54. The molecule has 0 heterocycles. The summed E-state index contributed by atoms with van der Waals surface area (Å²) in [5.41, 5.74) is 2.35. The highest BCUT2D eigenvalue weighted by Gasteiger charge is 2.33. The molecule has 0 N–H and O–H groups in total. The van der Waals surface area contributed by atoms with Gasteiger partial charge >= 0.3 is 0 Å². The number of aryl methyl sites for hydroxylation is 1. The minimum atomic E-state index is -0.942. The molecular formula is C17H23NOS. The Bertz CT molecular complexity index is 520. The van der Waals surface area contributed by atoms with Gasteiger partial charge < -0.3 is 0 Å². The van der Waals surface area contributed by atoms with Crippen LogP contribution in [0.5, 0.6) is 0 Å². The van der Waals surface area contributed by atoms with E-state index >= 15 is 0 Å². The summed E-state index contributed by atoms with van der Waals surface area (Å²) < 4.78 is 12.7. The maximum atomic E-state index is 12.7. The number of hydrogen-bond acceptors (Lipinski definition) is 2. The van der Waals surface area contributed by atoms with Crippen LogP contribution in [0.2, 0.25) is 0 Å². The second-order valence-corrected chi connectivity index (χ2v) is 7.47. The van der Waals surface area contributed by atoms with E-state index in [-0.39, 0.29) is 11.2 Å². The van der Waals surface area contributed by atoms with E-state index < -0.39 is 10.8 Å². The molecule has 108 valence electrons. The van der Waals surface area contributed by atoms with E-state index in [1.54, 1.807) is 0 Å². The van der Waals surface area contributed by atoms with Gasteiger partial charge in [0.05, 0.1) is 17.2 Å². The molecule has 4 atom stereocenters. The van der Waals surface area contributed by atoms with Crippen LogP contribution in [0.3, 0.4) is 0 Å². The Balaban J connectivity index is 2.10. The third-order valence-corrected chi connectivity index (χ3v) is 6.33. The highest BCUT2D eigenvalue weighted by atomic mass is 32.2. The maximum Gasteiger partial charge on any atom is 0.0668 e. The van der Waals surface area contributed by atoms with Gasteiger partial charge in [0.1, 0.15) is 0 Å². The molecule has 0 radical (unpaired) electrons. The molecule has 0 bridgehead atoms. The predicted molar refractivity (Wildman–Crippen MR) is 83.5 cm³/mol. The van der Waals surface area contributed by atoms with Crippen molar-refractivity contribution in [2.45, 2.75) is 50.5 Å². The van der Waals surface area contributed by atoms with Crippen molar-refractivity contribution in [3.8, 4) is 6.07 Å². The van der Waals surface area contributed by atoms with Gasteiger partial charge in [0.15, 0.2) is 0 Å². The maximum absolute atomic E-state index is 12.7. The number of rotatable bonds is 4. The van der Waals surface area contributed by atoms with Crippen LogP contribution in [-0.4, -0.2) is 9.46 Å². The van der Waals surface area contributed by atoms with Gasteiger partial charge in [-0.2, -0.15) is 5.26 Å². The van der Waals surface area contributed by atoms with Gasteiger partial charge in [0.2, 0.25) is 0 Å². The van der Waals surface area contributed by atoms with Crippen LogP contribution in [0.25, 0.3) is 0 Å². The van der Waals surface area contributed by atoms with E-state index in [2.05, 4.69) is 32.0 Å². The van der Waals surface area contributed by atoms with Crippen molar-refractivity contribution in [2.24, 2.45) is 11.8 Å². The molecule has 1 fully saturated rings. The molecule has 1 saturated carbocycles. The minimum absolute atomic E-state index is 0.0253. The van der Waals surface area contributed by atoms with E-state index in [9.17, 15) is 9.47 Å². The summed E-state index contributed by atoms with van der Waals surface area (Å²) in [6, 6.07) is 10.5. The fourth-order valence-corrected chi connectivity index (χ4v) is 4.95. The minimum Gasteiger partial charge on any atom is -0.259 e. The largest absolute Gasteiger partial charge is 0.259 e. The summed E-state index contributed by atoms with van der Waals surface area (Å²) in [6.07, 6.45) is 4.12. The van der Waals surface area contributed by atoms with Gasteiger partial charge in [-0.3, -0.25) is 4.21 Å². The molecule has 20 heavy (non-hydrogen) atoms. The molecule has 2 nitrogen and oxygen atoms in total. The number of nitrogens with zero attached hydrogens (tertiary/aromatic N) is 1. The number of benzene rings is 1. The van der Waals surface area contributed by atoms with Crippen molar-refractivity contribution in [3.63, 3.8) is 0 Å². The number of hydrogen-bond donors (Lipinski definition) is 0. The average Bonchev–Trinajstić information content (AvgIpc) is 2.48. The Labute approximate surface area is 124 Å². The quantitative estimate of drug-likeness (QED) is 0.841. The second-order valence-electron chi connectivity index (χ2n) is 5.81. The summed E-state index contributed by atoms with van der Waals surface area (Å²) in [6.45, 7) is 4.25. The van der Waals surface area contributed by atoms with E-state index in [4.69, 9.17) is 0 Å². The Morgan fingerprint density at radius 3 is 2.75 bits per heavy atom. The van der Waals surface area contributed by atoms with Crippen LogP contribution in [0.15, 0.2) is 24.3 Å². The zero-order valence-corrected chi connectivity index (χ0v) is 13.2. The van der Waals surface area contributed by atoms with E-state index in [1.807, 2.05) is 12.1 Å². The van der Waals surface area contributed by atoms with Crippen molar-refractivity contribution < 1.29 is 4.21 Å². The fraction of sp³-hybridized carbons (Fsp3) is 0.588. The van der Waals surface area contributed by atoms with Crippen molar-refractivity contribution in [1.82, 2.24) is 0 Å². The highest BCUT2D eigenvalue weighted by molar-refractivity contribution is 7.84.